The van der Waals surface area contributed by atoms with Crippen LogP contribution < -0.4 is 4.74 Å². The zero-order chi connectivity index (χ0) is 15.8. The molecule has 0 spiro atoms. The molecule has 2 atom stereocenters. The molecular weight excluding hydrogens is 502 g/mol. The van der Waals surface area contributed by atoms with Gasteiger partial charge in [-0.1, -0.05) is 59.4 Å². The summed E-state index contributed by atoms with van der Waals surface area (Å²) in [6, 6.07) is 4.00. The Kier molecular flexibility index (Phi) is 5.25. The molecule has 21 heavy (non-hydrogen) atoms. The van der Waals surface area contributed by atoms with Crippen molar-refractivity contribution in [2.45, 2.75) is 21.0 Å². The van der Waals surface area contributed by atoms with E-state index in [4.69, 9.17) is 25.8 Å². The summed E-state index contributed by atoms with van der Waals surface area (Å²) in [5.74, 6) is -0.946. The van der Waals surface area contributed by atoms with E-state index >= 15 is 0 Å². The first kappa shape index (κ1) is 17.5. The molecule has 1 unspecified atom stereocenters. The highest BCUT2D eigenvalue weighted by Gasteiger charge is 2.53. The highest BCUT2D eigenvalue weighted by molar-refractivity contribution is 9.39. The van der Waals surface area contributed by atoms with E-state index in [1.165, 1.54) is 19.1 Å². The van der Waals surface area contributed by atoms with Crippen molar-refractivity contribution < 1.29 is 23.4 Å². The van der Waals surface area contributed by atoms with Crippen LogP contribution in [-0.2, 0) is 14.3 Å². The molecule has 0 radical (unpaired) electrons. The second-order valence-corrected chi connectivity index (χ2v) is 11.8. The molecule has 0 aliphatic carbocycles. The van der Waals surface area contributed by atoms with Gasteiger partial charge in [-0.3, -0.25) is 0 Å². The predicted molar refractivity (Wildman–Crippen MR) is 85.8 cm³/mol. The van der Waals surface area contributed by atoms with E-state index in [1.807, 2.05) is 0 Å². The Bertz CT molecular complexity index is 566. The van der Waals surface area contributed by atoms with Gasteiger partial charge >= 0.3 is 5.97 Å². The maximum atomic E-state index is 13.3. The minimum atomic E-state index is -1.30. The van der Waals surface area contributed by atoms with Gasteiger partial charge in [0.15, 0.2) is 7.74 Å². The second-order valence-electron chi connectivity index (χ2n) is 4.49. The summed E-state index contributed by atoms with van der Waals surface area (Å²) in [6.07, 6.45) is -0.888. The van der Waals surface area contributed by atoms with Gasteiger partial charge in [-0.15, -0.1) is 0 Å². The van der Waals surface area contributed by atoms with Gasteiger partial charge in [-0.05, 0) is 19.1 Å². The minimum absolute atomic E-state index is 0.00667. The first-order chi connectivity index (χ1) is 9.62. The molecule has 1 aromatic rings. The number of hydrogen-bond donors (Lipinski definition) is 0. The van der Waals surface area contributed by atoms with E-state index in [-0.39, 0.29) is 17.4 Å². The molecule has 1 heterocycles. The fourth-order valence-corrected chi connectivity index (χ4v) is 2.22. The lowest BCUT2D eigenvalue weighted by Crippen LogP contribution is -2.40. The van der Waals surface area contributed by atoms with Crippen molar-refractivity contribution in [2.24, 2.45) is 0 Å². The first-order valence-corrected chi connectivity index (χ1v) is 8.41. The summed E-state index contributed by atoms with van der Waals surface area (Å²) in [5, 5.41) is -0.00667. The lowest BCUT2D eigenvalue weighted by atomic mass is 10.1. The normalized spacial score (nSPS) is 25.8. The zero-order valence-corrected chi connectivity index (χ0v) is 16.1. The van der Waals surface area contributed by atoms with Crippen LogP contribution in [0.25, 0.3) is 0 Å². The van der Waals surface area contributed by atoms with E-state index in [2.05, 4.69) is 47.8 Å². The average Bonchev–Trinajstić information content (AvgIpc) is 2.68. The molecule has 1 aliphatic heterocycles. The monoisotopic (exact) mass is 508 g/mol. The summed E-state index contributed by atoms with van der Waals surface area (Å²) >= 11 is 15.3. The van der Waals surface area contributed by atoms with Crippen molar-refractivity contribution in [3.05, 3.63) is 29.0 Å². The summed E-state index contributed by atoms with van der Waals surface area (Å²) in [7, 11) is 0. The smallest absolute Gasteiger partial charge is 0.344 e. The van der Waals surface area contributed by atoms with Crippen LogP contribution in [0.5, 0.6) is 5.75 Å². The van der Waals surface area contributed by atoms with Crippen LogP contribution in [0.1, 0.15) is 6.92 Å². The lowest BCUT2D eigenvalue weighted by Gasteiger charge is -2.22. The van der Waals surface area contributed by atoms with Gasteiger partial charge in [-0.25, -0.2) is 9.18 Å². The fraction of sp³-hybridized carbons (Fsp3) is 0.417. The Morgan fingerprint density at radius 3 is 2.67 bits per heavy atom. The van der Waals surface area contributed by atoms with Gasteiger partial charge in [0, 0.05) is 6.07 Å². The second kappa shape index (κ2) is 6.31. The molecular formula is C12H9Br3ClFO4. The SMILES string of the molecule is C[C@@]1(COc2ccc(Cl)c(F)c2)OC(C(Br)(Br)Br)OC1=O. The molecule has 0 aromatic heterocycles. The Morgan fingerprint density at radius 2 is 2.14 bits per heavy atom. The molecule has 1 saturated heterocycles. The maximum absolute atomic E-state index is 13.3. The van der Waals surface area contributed by atoms with E-state index in [1.54, 1.807) is 0 Å². The van der Waals surface area contributed by atoms with Crippen molar-refractivity contribution in [3.8, 4) is 5.75 Å². The predicted octanol–water partition coefficient (Wildman–Crippen LogP) is 4.35. The number of esters is 1. The zero-order valence-electron chi connectivity index (χ0n) is 10.5. The molecule has 116 valence electrons. The number of benzene rings is 1. The number of hydrogen-bond acceptors (Lipinski definition) is 4. The molecule has 0 N–H and O–H groups in total. The first-order valence-electron chi connectivity index (χ1n) is 5.65. The third-order valence-electron chi connectivity index (χ3n) is 2.69. The Labute approximate surface area is 150 Å². The van der Waals surface area contributed by atoms with Gasteiger partial charge < -0.3 is 14.2 Å². The average molecular weight is 511 g/mol. The number of ether oxygens (including phenoxy) is 3. The van der Waals surface area contributed by atoms with Crippen LogP contribution in [0.3, 0.4) is 0 Å². The highest BCUT2D eigenvalue weighted by atomic mass is 80.0. The number of halogens is 5. The highest BCUT2D eigenvalue weighted by Crippen LogP contribution is 2.44. The number of cyclic esters (lactones) is 1. The summed E-state index contributed by atoms with van der Waals surface area (Å²) < 4.78 is 28.5. The molecule has 9 heteroatoms. The number of rotatable bonds is 3. The van der Waals surface area contributed by atoms with Crippen molar-refractivity contribution in [1.29, 1.82) is 0 Å². The fourth-order valence-electron chi connectivity index (χ4n) is 1.54. The Balaban J connectivity index is 2.05. The molecule has 0 bridgehead atoms. The van der Waals surface area contributed by atoms with E-state index in [0.717, 1.165) is 6.07 Å². The number of carbonyl (C=O) groups excluding carboxylic acids is 1. The molecule has 0 saturated carbocycles. The van der Waals surface area contributed by atoms with Gasteiger partial charge in [0.2, 0.25) is 6.29 Å². The minimum Gasteiger partial charge on any atom is -0.490 e. The van der Waals surface area contributed by atoms with Crippen LogP contribution in [0.4, 0.5) is 4.39 Å². The van der Waals surface area contributed by atoms with Gasteiger partial charge in [0.1, 0.15) is 18.2 Å². The van der Waals surface area contributed by atoms with E-state index in [0.29, 0.717) is 0 Å². The summed E-state index contributed by atoms with van der Waals surface area (Å²) in [6.45, 7) is 1.40. The molecule has 0 amide bonds. The summed E-state index contributed by atoms with van der Waals surface area (Å²) in [5.41, 5.74) is -1.30. The van der Waals surface area contributed by atoms with Crippen LogP contribution in [0.2, 0.25) is 5.02 Å². The van der Waals surface area contributed by atoms with Crippen LogP contribution in [0.15, 0.2) is 18.2 Å². The van der Waals surface area contributed by atoms with Crippen LogP contribution >= 0.6 is 59.4 Å². The Morgan fingerprint density at radius 1 is 1.48 bits per heavy atom. The van der Waals surface area contributed by atoms with Crippen molar-refractivity contribution in [3.63, 3.8) is 0 Å². The molecule has 1 fully saturated rings. The Hall–Kier alpha value is 0.110. The van der Waals surface area contributed by atoms with Crippen LogP contribution in [-0.4, -0.2) is 26.6 Å². The maximum Gasteiger partial charge on any atom is 0.344 e. The number of carbonyl (C=O) groups is 1. The van der Waals surface area contributed by atoms with Gasteiger partial charge in [0.05, 0.1) is 5.02 Å². The summed E-state index contributed by atoms with van der Waals surface area (Å²) in [4.78, 5) is 11.9. The van der Waals surface area contributed by atoms with Crippen molar-refractivity contribution >= 4 is 65.4 Å². The standard InChI is InChI=1S/C12H9Br3ClFO4/c1-11(9(18)20-10(21-11)12(13,14)15)5-19-6-2-3-7(16)8(17)4-6/h2-4,10H,5H2,1H3/t10?,11-/m0/s1. The molecule has 1 aliphatic rings. The third-order valence-corrected chi connectivity index (χ3v) is 4.11. The largest absolute Gasteiger partial charge is 0.490 e. The molecule has 1 aromatic carbocycles. The number of alkyl halides is 3. The van der Waals surface area contributed by atoms with Gasteiger partial charge in [0.25, 0.3) is 0 Å². The van der Waals surface area contributed by atoms with Gasteiger partial charge in [-0.2, -0.15) is 0 Å². The quantitative estimate of drug-likeness (QED) is 0.447. The molecule has 4 nitrogen and oxygen atoms in total. The molecule has 2 rings (SSSR count). The van der Waals surface area contributed by atoms with Crippen molar-refractivity contribution in [1.82, 2.24) is 0 Å². The third kappa shape index (κ3) is 4.10. The lowest BCUT2D eigenvalue weighted by molar-refractivity contribution is -0.145. The van der Waals surface area contributed by atoms with Crippen molar-refractivity contribution in [2.75, 3.05) is 6.61 Å². The van der Waals surface area contributed by atoms with E-state index < -0.39 is 25.8 Å². The van der Waals surface area contributed by atoms with E-state index in [9.17, 15) is 9.18 Å². The topological polar surface area (TPSA) is 44.8 Å². The van der Waals surface area contributed by atoms with Crippen LogP contribution in [0, 0.1) is 5.82 Å².